The number of hydroxylamine groups is 2. The molecule has 0 heterocycles. The summed E-state index contributed by atoms with van der Waals surface area (Å²) in [5.74, 6) is 0.925. The number of rotatable bonds is 9. The summed E-state index contributed by atoms with van der Waals surface area (Å²) in [6.07, 6.45) is 0.493. The molecule has 148 valence electrons. The summed E-state index contributed by atoms with van der Waals surface area (Å²) in [5.41, 5.74) is 0.897. The van der Waals surface area contributed by atoms with Crippen molar-refractivity contribution in [3.05, 3.63) is 54.1 Å². The van der Waals surface area contributed by atoms with Crippen LogP contribution in [0.4, 0.5) is 0 Å². The van der Waals surface area contributed by atoms with Crippen molar-refractivity contribution in [1.82, 2.24) is 5.06 Å². The van der Waals surface area contributed by atoms with E-state index in [1.165, 1.54) is 11.1 Å². The first-order valence-corrected chi connectivity index (χ1v) is 10.7. The molecule has 0 saturated heterocycles. The van der Waals surface area contributed by atoms with Crippen molar-refractivity contribution in [2.24, 2.45) is 0 Å². The fourth-order valence-electron chi connectivity index (χ4n) is 2.55. The van der Waals surface area contributed by atoms with Crippen molar-refractivity contribution in [3.8, 4) is 11.5 Å². The molecule has 27 heavy (non-hydrogen) atoms. The molecule has 1 N–H and O–H groups in total. The van der Waals surface area contributed by atoms with Crippen molar-refractivity contribution in [2.45, 2.75) is 44.4 Å². The zero-order valence-corrected chi connectivity index (χ0v) is 16.9. The highest BCUT2D eigenvalue weighted by Gasteiger charge is 2.22. The van der Waals surface area contributed by atoms with Crippen molar-refractivity contribution in [2.75, 3.05) is 12.9 Å². The van der Waals surface area contributed by atoms with Gasteiger partial charge in [-0.2, -0.15) is 0 Å². The Bertz CT molecular complexity index is 837. The van der Waals surface area contributed by atoms with Gasteiger partial charge in [0.15, 0.2) is 9.84 Å². The molecule has 0 spiro atoms. The van der Waals surface area contributed by atoms with E-state index in [0.717, 1.165) is 11.8 Å². The van der Waals surface area contributed by atoms with Gasteiger partial charge in [-0.3, -0.25) is 0 Å². The van der Waals surface area contributed by atoms with Crippen LogP contribution in [-0.2, 0) is 9.84 Å². The predicted octanol–water partition coefficient (Wildman–Crippen LogP) is 3.19. The average molecular weight is 394 g/mol. The molecule has 2 aromatic carbocycles. The van der Waals surface area contributed by atoms with Gasteiger partial charge in [-0.25, -0.2) is 8.42 Å². The van der Waals surface area contributed by atoms with E-state index in [2.05, 4.69) is 0 Å². The quantitative estimate of drug-likeness (QED) is 0.521. The molecule has 0 aliphatic rings. The van der Waals surface area contributed by atoms with Gasteiger partial charge in [0.1, 0.15) is 22.6 Å². The molecule has 1 atom stereocenters. The molecule has 2 rings (SSSR count). The molecule has 0 aliphatic heterocycles. The number of hydrogen-bond donors (Lipinski definition) is 1. The van der Waals surface area contributed by atoms with E-state index in [4.69, 9.17) is 9.57 Å². The lowest BCUT2D eigenvalue weighted by atomic mass is 10.2. The highest BCUT2D eigenvalue weighted by atomic mass is 32.2. The standard InChI is InChI=1S/C20H27NO5S/c1-15(2)21(26-17-8-6-5-7-9-17)20(22)12-13-25-18-14-16(3)10-11-19(18)27(4,23)24/h5-11,14-15,20,22H,12-13H2,1-4H3. The third kappa shape index (κ3) is 6.23. The van der Waals surface area contributed by atoms with Crippen LogP contribution in [0.2, 0.25) is 0 Å². The lowest BCUT2D eigenvalue weighted by Gasteiger charge is -2.30. The van der Waals surface area contributed by atoms with Gasteiger partial charge in [-0.05, 0) is 50.6 Å². The van der Waals surface area contributed by atoms with Crippen molar-refractivity contribution in [1.29, 1.82) is 0 Å². The van der Waals surface area contributed by atoms with Crippen LogP contribution in [0, 0.1) is 6.92 Å². The van der Waals surface area contributed by atoms with Gasteiger partial charge in [0.05, 0.1) is 6.61 Å². The highest BCUT2D eigenvalue weighted by Crippen LogP contribution is 2.25. The minimum absolute atomic E-state index is 0.0641. The van der Waals surface area contributed by atoms with Crippen LogP contribution in [-0.4, -0.2) is 43.7 Å². The Morgan fingerprint density at radius 2 is 1.78 bits per heavy atom. The smallest absolute Gasteiger partial charge is 0.179 e. The second kappa shape index (κ2) is 9.21. The summed E-state index contributed by atoms with van der Waals surface area (Å²) in [6, 6.07) is 14.1. The summed E-state index contributed by atoms with van der Waals surface area (Å²) in [7, 11) is -3.39. The summed E-state index contributed by atoms with van der Waals surface area (Å²) in [5, 5.41) is 12.0. The monoisotopic (exact) mass is 393 g/mol. The zero-order valence-electron chi connectivity index (χ0n) is 16.1. The third-order valence-corrected chi connectivity index (χ3v) is 5.03. The first-order valence-electron chi connectivity index (χ1n) is 8.81. The lowest BCUT2D eigenvalue weighted by Crippen LogP contribution is -2.43. The molecule has 0 bridgehead atoms. The van der Waals surface area contributed by atoms with E-state index in [9.17, 15) is 13.5 Å². The zero-order chi connectivity index (χ0) is 20.0. The fraction of sp³-hybridized carbons (Fsp3) is 0.400. The lowest BCUT2D eigenvalue weighted by molar-refractivity contribution is -0.194. The molecule has 1 unspecified atom stereocenters. The topological polar surface area (TPSA) is 76.1 Å². The van der Waals surface area contributed by atoms with Gasteiger partial charge < -0.3 is 14.7 Å². The van der Waals surface area contributed by atoms with Crippen LogP contribution >= 0.6 is 0 Å². The van der Waals surface area contributed by atoms with Crippen LogP contribution < -0.4 is 9.57 Å². The number of benzene rings is 2. The van der Waals surface area contributed by atoms with Crippen molar-refractivity contribution < 1.29 is 23.1 Å². The molecule has 6 nitrogen and oxygen atoms in total. The van der Waals surface area contributed by atoms with Gasteiger partial charge >= 0.3 is 0 Å². The highest BCUT2D eigenvalue weighted by molar-refractivity contribution is 7.90. The molecular weight excluding hydrogens is 366 g/mol. The maximum absolute atomic E-state index is 11.9. The minimum atomic E-state index is -3.39. The van der Waals surface area contributed by atoms with E-state index in [1.54, 1.807) is 12.1 Å². The van der Waals surface area contributed by atoms with E-state index in [-0.39, 0.29) is 24.0 Å². The van der Waals surface area contributed by atoms with E-state index < -0.39 is 16.1 Å². The van der Waals surface area contributed by atoms with Gasteiger partial charge in [-0.1, -0.05) is 24.3 Å². The Kier molecular flexibility index (Phi) is 7.24. The summed E-state index contributed by atoms with van der Waals surface area (Å²) in [6.45, 7) is 5.83. The molecule has 0 aliphatic carbocycles. The number of sulfone groups is 1. The molecule has 0 saturated carbocycles. The number of aliphatic hydroxyl groups excluding tert-OH is 1. The third-order valence-electron chi connectivity index (χ3n) is 3.89. The predicted molar refractivity (Wildman–Crippen MR) is 104 cm³/mol. The molecule has 0 radical (unpaired) electrons. The van der Waals surface area contributed by atoms with Gasteiger partial charge in [0.25, 0.3) is 0 Å². The Hall–Kier alpha value is -2.09. The Balaban J connectivity index is 2.02. The number of para-hydroxylation sites is 1. The normalized spacial score (nSPS) is 13.0. The van der Waals surface area contributed by atoms with Gasteiger partial charge in [0.2, 0.25) is 0 Å². The van der Waals surface area contributed by atoms with Crippen molar-refractivity contribution >= 4 is 9.84 Å². The summed E-state index contributed by atoms with van der Waals surface area (Å²) >= 11 is 0. The average Bonchev–Trinajstić information content (AvgIpc) is 2.59. The first-order chi connectivity index (χ1) is 12.7. The van der Waals surface area contributed by atoms with Crippen LogP contribution in [0.3, 0.4) is 0 Å². The number of ether oxygens (including phenoxy) is 1. The fourth-order valence-corrected chi connectivity index (χ4v) is 3.35. The summed E-state index contributed by atoms with van der Waals surface area (Å²) in [4.78, 5) is 5.91. The number of aryl methyl sites for hydroxylation is 1. The van der Waals surface area contributed by atoms with Crippen LogP contribution in [0.15, 0.2) is 53.4 Å². The Morgan fingerprint density at radius 1 is 1.11 bits per heavy atom. The number of nitrogens with zero attached hydrogens (tertiary/aromatic N) is 1. The number of hydrogen-bond acceptors (Lipinski definition) is 6. The Morgan fingerprint density at radius 3 is 2.37 bits per heavy atom. The van der Waals surface area contributed by atoms with Crippen LogP contribution in [0.25, 0.3) is 0 Å². The largest absolute Gasteiger partial charge is 0.492 e. The second-order valence-corrected chi connectivity index (χ2v) is 8.68. The Labute approximate surface area is 161 Å². The summed E-state index contributed by atoms with van der Waals surface area (Å²) < 4.78 is 29.5. The van der Waals surface area contributed by atoms with E-state index >= 15 is 0 Å². The minimum Gasteiger partial charge on any atom is -0.492 e. The maximum Gasteiger partial charge on any atom is 0.179 e. The molecule has 2 aromatic rings. The molecule has 7 heteroatoms. The maximum atomic E-state index is 11.9. The van der Waals surface area contributed by atoms with Crippen LogP contribution in [0.5, 0.6) is 11.5 Å². The van der Waals surface area contributed by atoms with Crippen LogP contribution in [0.1, 0.15) is 25.8 Å². The first kappa shape index (κ1) is 21.2. The number of aliphatic hydroxyl groups is 1. The molecule has 0 fully saturated rings. The SMILES string of the molecule is Cc1ccc(S(C)(=O)=O)c(OCCC(O)N(Oc2ccccc2)C(C)C)c1. The molecule has 0 amide bonds. The molecule has 0 aromatic heterocycles. The van der Waals surface area contributed by atoms with E-state index in [0.29, 0.717) is 11.5 Å². The van der Waals surface area contributed by atoms with Gasteiger partial charge in [0, 0.05) is 18.7 Å². The van der Waals surface area contributed by atoms with Crippen molar-refractivity contribution in [3.63, 3.8) is 0 Å². The van der Waals surface area contributed by atoms with E-state index in [1.807, 2.05) is 51.1 Å². The second-order valence-electron chi connectivity index (χ2n) is 6.70. The molecular formula is C20H27NO5S. The van der Waals surface area contributed by atoms with Gasteiger partial charge in [-0.15, -0.1) is 5.06 Å².